The summed E-state index contributed by atoms with van der Waals surface area (Å²) < 4.78 is 1.85. The Hall–Kier alpha value is -3.38. The molecule has 2 aromatic heterocycles. The van der Waals surface area contributed by atoms with Crippen molar-refractivity contribution in [2.75, 3.05) is 10.6 Å². The lowest BCUT2D eigenvalue weighted by atomic mass is 10.1. The SMILES string of the molecule is O=C(Nc1cccc(-c2cn3cccnc3n2)c1)Nc1ccccc1Cl. The summed E-state index contributed by atoms with van der Waals surface area (Å²) in [6, 6.07) is 16.0. The van der Waals surface area contributed by atoms with E-state index in [0.29, 0.717) is 22.2 Å². The van der Waals surface area contributed by atoms with Crippen molar-refractivity contribution in [3.8, 4) is 11.3 Å². The van der Waals surface area contributed by atoms with Gasteiger partial charge in [-0.2, -0.15) is 0 Å². The number of hydrogen-bond donors (Lipinski definition) is 2. The van der Waals surface area contributed by atoms with Crippen molar-refractivity contribution < 1.29 is 4.79 Å². The lowest BCUT2D eigenvalue weighted by Gasteiger charge is -2.09. The molecule has 0 radical (unpaired) electrons. The lowest BCUT2D eigenvalue weighted by molar-refractivity contribution is 0.262. The molecule has 7 heteroatoms. The van der Waals surface area contributed by atoms with Gasteiger partial charge in [-0.05, 0) is 30.3 Å². The number of anilines is 2. The van der Waals surface area contributed by atoms with E-state index < -0.39 is 0 Å². The van der Waals surface area contributed by atoms with Gasteiger partial charge in [0.25, 0.3) is 0 Å². The number of hydrogen-bond acceptors (Lipinski definition) is 3. The first-order valence-corrected chi connectivity index (χ1v) is 8.29. The zero-order chi connectivity index (χ0) is 17.9. The minimum Gasteiger partial charge on any atom is -0.308 e. The number of aromatic nitrogens is 3. The Morgan fingerprint density at radius 1 is 1.04 bits per heavy atom. The number of imidazole rings is 1. The molecule has 4 aromatic rings. The van der Waals surface area contributed by atoms with E-state index in [1.165, 1.54) is 0 Å². The number of para-hydroxylation sites is 1. The van der Waals surface area contributed by atoms with Gasteiger partial charge < -0.3 is 10.6 Å². The number of nitrogens with one attached hydrogen (secondary N) is 2. The molecule has 26 heavy (non-hydrogen) atoms. The fourth-order valence-corrected chi connectivity index (χ4v) is 2.76. The van der Waals surface area contributed by atoms with Gasteiger partial charge in [0.2, 0.25) is 5.78 Å². The number of amides is 2. The van der Waals surface area contributed by atoms with Gasteiger partial charge in [-0.25, -0.2) is 14.8 Å². The number of urea groups is 1. The molecule has 0 aliphatic carbocycles. The number of carbonyl (C=O) groups excluding carboxylic acids is 1. The molecule has 6 nitrogen and oxygen atoms in total. The van der Waals surface area contributed by atoms with Gasteiger partial charge in [0, 0.05) is 29.8 Å². The van der Waals surface area contributed by atoms with E-state index in [2.05, 4.69) is 20.6 Å². The second kappa shape index (κ2) is 6.85. The summed E-state index contributed by atoms with van der Waals surface area (Å²) in [5, 5.41) is 6.01. The van der Waals surface area contributed by atoms with Crippen LogP contribution in [0.15, 0.2) is 73.2 Å². The van der Waals surface area contributed by atoms with E-state index >= 15 is 0 Å². The molecule has 2 N–H and O–H groups in total. The monoisotopic (exact) mass is 363 g/mol. The van der Waals surface area contributed by atoms with Crippen LogP contribution in [0.1, 0.15) is 0 Å². The van der Waals surface area contributed by atoms with Gasteiger partial charge in [0.1, 0.15) is 0 Å². The van der Waals surface area contributed by atoms with E-state index in [1.807, 2.05) is 47.1 Å². The predicted molar refractivity (Wildman–Crippen MR) is 103 cm³/mol. The minimum atomic E-state index is -0.369. The van der Waals surface area contributed by atoms with Crippen LogP contribution in [0.5, 0.6) is 0 Å². The summed E-state index contributed by atoms with van der Waals surface area (Å²) in [4.78, 5) is 20.9. The second-order valence-electron chi connectivity index (χ2n) is 5.59. The van der Waals surface area contributed by atoms with Gasteiger partial charge in [-0.15, -0.1) is 0 Å². The van der Waals surface area contributed by atoms with Crippen molar-refractivity contribution in [1.29, 1.82) is 0 Å². The Morgan fingerprint density at radius 2 is 1.92 bits per heavy atom. The minimum absolute atomic E-state index is 0.369. The highest BCUT2D eigenvalue weighted by molar-refractivity contribution is 6.33. The van der Waals surface area contributed by atoms with Crippen LogP contribution in [0, 0.1) is 0 Å². The number of halogens is 1. The van der Waals surface area contributed by atoms with Crippen LogP contribution in [-0.4, -0.2) is 20.4 Å². The normalized spacial score (nSPS) is 10.7. The maximum absolute atomic E-state index is 12.2. The maximum atomic E-state index is 12.2. The van der Waals surface area contributed by atoms with Crippen molar-refractivity contribution in [1.82, 2.24) is 14.4 Å². The predicted octanol–water partition coefficient (Wildman–Crippen LogP) is 4.69. The summed E-state index contributed by atoms with van der Waals surface area (Å²) >= 11 is 6.06. The standard InChI is InChI=1S/C19H14ClN5O/c20-15-7-1-2-8-16(15)24-19(26)22-14-6-3-5-13(11-14)17-12-25-10-4-9-21-18(25)23-17/h1-12H,(H2,22,24,26). The Labute approximate surface area is 154 Å². The van der Waals surface area contributed by atoms with E-state index in [4.69, 9.17) is 11.6 Å². The summed E-state index contributed by atoms with van der Waals surface area (Å²) in [6.45, 7) is 0. The average molecular weight is 364 g/mol. The van der Waals surface area contributed by atoms with Crippen LogP contribution in [0.3, 0.4) is 0 Å². The van der Waals surface area contributed by atoms with Crippen molar-refractivity contribution in [2.24, 2.45) is 0 Å². The number of carbonyl (C=O) groups is 1. The molecule has 2 heterocycles. The van der Waals surface area contributed by atoms with Crippen molar-refractivity contribution in [2.45, 2.75) is 0 Å². The molecule has 0 atom stereocenters. The van der Waals surface area contributed by atoms with E-state index in [-0.39, 0.29) is 6.03 Å². The molecule has 0 unspecified atom stereocenters. The van der Waals surface area contributed by atoms with Crippen LogP contribution in [-0.2, 0) is 0 Å². The molecule has 0 fully saturated rings. The number of nitrogens with zero attached hydrogens (tertiary/aromatic N) is 3. The van der Waals surface area contributed by atoms with Gasteiger partial charge in [-0.3, -0.25) is 4.40 Å². The van der Waals surface area contributed by atoms with Crippen LogP contribution in [0.25, 0.3) is 17.0 Å². The largest absolute Gasteiger partial charge is 0.323 e. The van der Waals surface area contributed by atoms with E-state index in [9.17, 15) is 4.79 Å². The first-order valence-electron chi connectivity index (χ1n) is 7.92. The Balaban J connectivity index is 1.54. The third kappa shape index (κ3) is 3.36. The van der Waals surface area contributed by atoms with Gasteiger partial charge in [-0.1, -0.05) is 35.9 Å². The average Bonchev–Trinajstić information content (AvgIpc) is 3.08. The molecule has 0 saturated heterocycles. The summed E-state index contributed by atoms with van der Waals surface area (Å²) in [6.07, 6.45) is 5.48. The molecule has 0 spiro atoms. The summed E-state index contributed by atoms with van der Waals surface area (Å²) in [5.74, 6) is 0.623. The van der Waals surface area contributed by atoms with Crippen LogP contribution >= 0.6 is 11.6 Å². The lowest BCUT2D eigenvalue weighted by Crippen LogP contribution is -2.19. The van der Waals surface area contributed by atoms with E-state index in [1.54, 1.807) is 30.5 Å². The fourth-order valence-electron chi connectivity index (χ4n) is 2.57. The van der Waals surface area contributed by atoms with Crippen LogP contribution < -0.4 is 10.6 Å². The molecular weight excluding hydrogens is 350 g/mol. The molecule has 128 valence electrons. The topological polar surface area (TPSA) is 71.3 Å². The molecule has 2 aromatic carbocycles. The van der Waals surface area contributed by atoms with Crippen LogP contribution in [0.4, 0.5) is 16.2 Å². The highest BCUT2D eigenvalue weighted by Gasteiger charge is 2.08. The highest BCUT2D eigenvalue weighted by atomic mass is 35.5. The molecule has 0 aliphatic rings. The third-order valence-corrected chi connectivity index (χ3v) is 4.10. The Kier molecular flexibility index (Phi) is 4.25. The first-order chi connectivity index (χ1) is 12.7. The molecule has 0 saturated carbocycles. The number of rotatable bonds is 3. The molecule has 4 rings (SSSR count). The highest BCUT2D eigenvalue weighted by Crippen LogP contribution is 2.23. The second-order valence-corrected chi connectivity index (χ2v) is 6.00. The molecule has 0 bridgehead atoms. The van der Waals surface area contributed by atoms with Gasteiger partial charge in [0.05, 0.1) is 16.4 Å². The quantitative estimate of drug-likeness (QED) is 0.554. The van der Waals surface area contributed by atoms with Gasteiger partial charge >= 0.3 is 6.03 Å². The Bertz CT molecular complexity index is 1060. The zero-order valence-corrected chi connectivity index (χ0v) is 14.3. The number of benzene rings is 2. The van der Waals surface area contributed by atoms with E-state index in [0.717, 1.165) is 11.3 Å². The summed E-state index contributed by atoms with van der Waals surface area (Å²) in [5.41, 5.74) is 2.86. The van der Waals surface area contributed by atoms with Crippen molar-refractivity contribution >= 4 is 34.8 Å². The van der Waals surface area contributed by atoms with Crippen molar-refractivity contribution in [3.63, 3.8) is 0 Å². The number of fused-ring (bicyclic) bond motifs is 1. The van der Waals surface area contributed by atoms with Crippen LogP contribution in [0.2, 0.25) is 5.02 Å². The van der Waals surface area contributed by atoms with Crippen molar-refractivity contribution in [3.05, 3.63) is 78.2 Å². The fraction of sp³-hybridized carbons (Fsp3) is 0. The van der Waals surface area contributed by atoms with Gasteiger partial charge in [0.15, 0.2) is 0 Å². The molecule has 0 aliphatic heterocycles. The molecule has 2 amide bonds. The molecular formula is C19H14ClN5O. The maximum Gasteiger partial charge on any atom is 0.323 e. The smallest absolute Gasteiger partial charge is 0.308 e. The zero-order valence-electron chi connectivity index (χ0n) is 13.6. The first kappa shape index (κ1) is 16.1. The Morgan fingerprint density at radius 3 is 2.77 bits per heavy atom. The summed E-state index contributed by atoms with van der Waals surface area (Å²) in [7, 11) is 0. The third-order valence-electron chi connectivity index (χ3n) is 3.77.